The minimum atomic E-state index is -0.439. The first-order valence-corrected chi connectivity index (χ1v) is 23.9. The molecule has 356 valence electrons. The quantitative estimate of drug-likeness (QED) is 0.135. The average molecular weight is 1110 g/mol. The molecule has 0 spiro atoms. The molecule has 6 heteroatoms. The van der Waals surface area contributed by atoms with E-state index in [1.807, 2.05) is 96.6 Å². The summed E-state index contributed by atoms with van der Waals surface area (Å²) in [5, 5.41) is 2.14. The summed E-state index contributed by atoms with van der Waals surface area (Å²) in [7, 11) is 0. The molecule has 0 radical (unpaired) electrons. The summed E-state index contributed by atoms with van der Waals surface area (Å²) in [5.41, 5.74) is 11.5. The Bertz CT molecular complexity index is 3850. The van der Waals surface area contributed by atoms with E-state index in [2.05, 4.69) is 156 Å². The summed E-state index contributed by atoms with van der Waals surface area (Å²) >= 11 is 0. The van der Waals surface area contributed by atoms with E-state index < -0.39 is 18.1 Å². The average Bonchev–Trinajstić information content (AvgIpc) is 3.99. The molecule has 0 saturated carbocycles. The van der Waals surface area contributed by atoms with E-state index in [9.17, 15) is 0 Å². The molecule has 5 nitrogen and oxygen atoms in total. The minimum absolute atomic E-state index is 0. The largest absolute Gasteiger partial charge is 0.509 e. The third-order valence-electron chi connectivity index (χ3n) is 13.7. The molecule has 8 aromatic carbocycles. The third-order valence-corrected chi connectivity index (χ3v) is 13.7. The van der Waals surface area contributed by atoms with Gasteiger partial charge in [0.15, 0.2) is 0 Å². The van der Waals surface area contributed by atoms with Crippen molar-refractivity contribution in [1.82, 2.24) is 9.55 Å². The van der Waals surface area contributed by atoms with Gasteiger partial charge in [-0.2, -0.15) is 12.1 Å². The Morgan fingerprint density at radius 2 is 1.18 bits per heavy atom. The summed E-state index contributed by atoms with van der Waals surface area (Å²) in [5.74, 6) is 1.78. The van der Waals surface area contributed by atoms with Crippen molar-refractivity contribution in [1.29, 1.82) is 0 Å². The first-order chi connectivity index (χ1) is 35.8. The molecule has 0 saturated heterocycles. The number of fused-ring (bicyclic) bond motifs is 4. The van der Waals surface area contributed by atoms with E-state index in [1.54, 1.807) is 0 Å². The van der Waals surface area contributed by atoms with Crippen molar-refractivity contribution >= 4 is 44.6 Å². The topological polar surface area (TPSA) is 33.5 Å². The summed E-state index contributed by atoms with van der Waals surface area (Å²) in [6.45, 7) is 19.7. The Balaban J connectivity index is 0.00000657. The fraction of sp³-hybridized carbons (Fsp3) is 0.169. The van der Waals surface area contributed by atoms with Gasteiger partial charge in [0.05, 0.1) is 6.85 Å². The molecule has 3 heterocycles. The number of nitrogens with zero attached hydrogens (tertiary/aromatic N) is 4. The number of hydrogen-bond donors (Lipinski definition) is 0. The van der Waals surface area contributed by atoms with Crippen LogP contribution < -0.4 is 14.5 Å². The summed E-state index contributed by atoms with van der Waals surface area (Å²) in [6, 6.07) is 59.1. The number of benzene rings is 8. The standard InChI is InChI=1S/C65H57N4O.Pt/c1-63(2,3)47-25-17-22-45(38-47)54-29-19-28-53(44-20-11-9-12-21-44)62(54)68-43-67(58-30-15-16-31-59(58)68)50-26-18-27-51(41-50)70-52-33-34-55-56-39-48(64(4,5)6)32-35-57(56)69(60(55)42-52)61-40-49(36-37-66-61)65(7,8)46-23-13-10-14-24-46;/h9-40,43H,1-8H3;/q-3;/i9D,11D,12D,20D,21D;. The van der Waals surface area contributed by atoms with Crippen LogP contribution in [0.4, 0.5) is 22.7 Å². The normalized spacial score (nSPS) is 13.8. The number of anilines is 4. The molecular weight excluding hydrogens is 1050 g/mol. The van der Waals surface area contributed by atoms with E-state index in [4.69, 9.17) is 16.6 Å². The van der Waals surface area contributed by atoms with E-state index in [0.717, 1.165) is 61.3 Å². The van der Waals surface area contributed by atoms with Gasteiger partial charge in [-0.3, -0.25) is 0 Å². The predicted octanol–water partition coefficient (Wildman–Crippen LogP) is 17.2. The second-order valence-electron chi connectivity index (χ2n) is 20.7. The zero-order chi connectivity index (χ0) is 52.7. The van der Waals surface area contributed by atoms with Crippen molar-refractivity contribution in [2.45, 2.75) is 71.6 Å². The number of para-hydroxylation sites is 3. The molecule has 1 aliphatic rings. The van der Waals surface area contributed by atoms with Gasteiger partial charge in [-0.05, 0) is 79.9 Å². The van der Waals surface area contributed by atoms with Crippen LogP contribution in [-0.2, 0) is 37.3 Å². The van der Waals surface area contributed by atoms with Crippen LogP contribution in [0, 0.1) is 18.8 Å². The van der Waals surface area contributed by atoms with Gasteiger partial charge >= 0.3 is 0 Å². The van der Waals surface area contributed by atoms with Crippen molar-refractivity contribution < 1.29 is 32.7 Å². The Labute approximate surface area is 440 Å². The molecule has 0 N–H and O–H groups in total. The van der Waals surface area contributed by atoms with Gasteiger partial charge in [0.25, 0.3) is 0 Å². The summed E-state index contributed by atoms with van der Waals surface area (Å²) in [4.78, 5) is 9.10. The SMILES string of the molecule is [2H]c1c([2H])c([2H])c(-c2cccc(-c3cccc(C(C)(C)C)c3)c2N2[CH-]N(c3[c-]c(Oc4[c-]c5c(cc4)c4cc(C(C)(C)C)ccc4n5-c4cc(C(C)(C)c5ccccc5)ccn4)ccc3)c3ccccc32)c([2H])c1[2H].[Pt]. The molecule has 0 unspecified atom stereocenters. The predicted molar refractivity (Wildman–Crippen MR) is 291 cm³/mol. The molecule has 11 rings (SSSR count). The van der Waals surface area contributed by atoms with Crippen LogP contribution in [0.25, 0.3) is 49.9 Å². The third kappa shape index (κ3) is 8.87. The number of pyridine rings is 1. The number of aromatic nitrogens is 2. The second-order valence-corrected chi connectivity index (χ2v) is 20.7. The maximum atomic E-state index is 9.15. The molecule has 0 amide bonds. The molecule has 1 aliphatic heterocycles. The van der Waals surface area contributed by atoms with Crippen molar-refractivity contribution in [3.8, 4) is 39.6 Å². The first-order valence-electron chi connectivity index (χ1n) is 26.4. The Morgan fingerprint density at radius 1 is 0.535 bits per heavy atom. The number of ether oxygens (including phenoxy) is 1. The maximum absolute atomic E-state index is 9.15. The van der Waals surface area contributed by atoms with Crippen molar-refractivity contribution in [3.05, 3.63) is 235 Å². The van der Waals surface area contributed by atoms with Crippen LogP contribution in [0.5, 0.6) is 11.5 Å². The van der Waals surface area contributed by atoms with Crippen molar-refractivity contribution in [2.24, 2.45) is 0 Å². The van der Waals surface area contributed by atoms with E-state index in [-0.39, 0.29) is 55.0 Å². The van der Waals surface area contributed by atoms with Crippen molar-refractivity contribution in [2.75, 3.05) is 9.80 Å². The smallest absolute Gasteiger partial charge is 0.135 e. The zero-order valence-corrected chi connectivity index (χ0v) is 43.5. The van der Waals surface area contributed by atoms with Gasteiger partial charge in [-0.15, -0.1) is 48.1 Å². The van der Waals surface area contributed by atoms with Gasteiger partial charge in [0.1, 0.15) is 5.82 Å². The Morgan fingerprint density at radius 3 is 1.93 bits per heavy atom. The number of hydrogen-bond acceptors (Lipinski definition) is 4. The van der Waals surface area contributed by atoms with Crippen LogP contribution in [0.1, 0.15) is 84.5 Å². The fourth-order valence-electron chi connectivity index (χ4n) is 9.65. The van der Waals surface area contributed by atoms with Crippen LogP contribution in [0.2, 0.25) is 0 Å². The Kier molecular flexibility index (Phi) is 10.8. The molecule has 0 bridgehead atoms. The molecule has 71 heavy (non-hydrogen) atoms. The monoisotopic (exact) mass is 1110 g/mol. The zero-order valence-electron chi connectivity index (χ0n) is 46.2. The maximum Gasteiger partial charge on any atom is 0.135 e. The van der Waals surface area contributed by atoms with E-state index >= 15 is 0 Å². The van der Waals surface area contributed by atoms with E-state index in [1.165, 1.54) is 11.1 Å². The second kappa shape index (κ2) is 18.5. The number of rotatable bonds is 9. The molecule has 0 aliphatic carbocycles. The molecular formula is C65H57N4OPt-3. The van der Waals surface area contributed by atoms with Gasteiger partial charge in [0.2, 0.25) is 0 Å². The summed E-state index contributed by atoms with van der Waals surface area (Å²) in [6.07, 6.45) is 1.89. The molecule has 0 atom stereocenters. The van der Waals surface area contributed by atoms with Gasteiger partial charge in [0, 0.05) is 77.9 Å². The van der Waals surface area contributed by atoms with Gasteiger partial charge < -0.3 is 19.1 Å². The fourth-order valence-corrected chi connectivity index (χ4v) is 9.65. The van der Waals surface area contributed by atoms with E-state index in [0.29, 0.717) is 28.4 Å². The minimum Gasteiger partial charge on any atom is -0.509 e. The first kappa shape index (κ1) is 41.6. The molecule has 2 aromatic heterocycles. The van der Waals surface area contributed by atoms with Gasteiger partial charge in [-0.1, -0.05) is 188 Å². The van der Waals surface area contributed by atoms with Crippen LogP contribution >= 0.6 is 0 Å². The van der Waals surface area contributed by atoms with Crippen molar-refractivity contribution in [3.63, 3.8) is 0 Å². The van der Waals surface area contributed by atoms with Crippen LogP contribution in [-0.4, -0.2) is 9.55 Å². The van der Waals surface area contributed by atoms with Crippen LogP contribution in [0.3, 0.4) is 0 Å². The molecule has 10 aromatic rings. The Hall–Kier alpha value is -7.20. The van der Waals surface area contributed by atoms with Crippen LogP contribution in [0.15, 0.2) is 194 Å². The summed E-state index contributed by atoms with van der Waals surface area (Å²) < 4.78 is 53.0. The molecule has 0 fully saturated rings. The van der Waals surface area contributed by atoms with Gasteiger partial charge in [-0.25, -0.2) is 4.98 Å².